The number of amides is 1. The SMILES string of the molecule is Cc1nc(C)c(C#N)c(SCC(=O)NC(C)c2ccc(CC(C)C)cc2)n1. The molecule has 0 aliphatic rings. The predicted octanol–water partition coefficient (Wildman–Crippen LogP) is 4.13. The van der Waals surface area contributed by atoms with Crippen molar-refractivity contribution in [2.24, 2.45) is 5.92 Å². The summed E-state index contributed by atoms with van der Waals surface area (Å²) in [6.07, 6.45) is 1.05. The molecule has 1 heterocycles. The highest BCUT2D eigenvalue weighted by molar-refractivity contribution is 8.00. The maximum atomic E-state index is 12.3. The van der Waals surface area contributed by atoms with Crippen molar-refractivity contribution >= 4 is 17.7 Å². The number of thioether (sulfide) groups is 1. The first-order valence-electron chi connectivity index (χ1n) is 9.06. The van der Waals surface area contributed by atoms with Gasteiger partial charge in [-0.2, -0.15) is 5.26 Å². The molecule has 1 atom stereocenters. The molecule has 142 valence electrons. The van der Waals surface area contributed by atoms with Gasteiger partial charge in [0, 0.05) is 0 Å². The van der Waals surface area contributed by atoms with Crippen molar-refractivity contribution in [1.29, 1.82) is 5.26 Å². The second kappa shape index (κ2) is 9.52. The second-order valence-electron chi connectivity index (χ2n) is 7.07. The molecule has 0 fully saturated rings. The lowest BCUT2D eigenvalue weighted by molar-refractivity contribution is -0.119. The van der Waals surface area contributed by atoms with Gasteiger partial charge in [0.25, 0.3) is 0 Å². The fraction of sp³-hybridized carbons (Fsp3) is 0.429. The van der Waals surface area contributed by atoms with Crippen molar-refractivity contribution in [2.45, 2.75) is 52.1 Å². The summed E-state index contributed by atoms with van der Waals surface area (Å²) in [5, 5.41) is 12.8. The van der Waals surface area contributed by atoms with Gasteiger partial charge in [0.2, 0.25) is 5.91 Å². The van der Waals surface area contributed by atoms with E-state index in [0.717, 1.165) is 12.0 Å². The van der Waals surface area contributed by atoms with Crippen LogP contribution in [0.15, 0.2) is 29.3 Å². The zero-order chi connectivity index (χ0) is 20.0. The van der Waals surface area contributed by atoms with Crippen molar-refractivity contribution in [1.82, 2.24) is 15.3 Å². The molecule has 5 nitrogen and oxygen atoms in total. The fourth-order valence-electron chi connectivity index (χ4n) is 2.83. The highest BCUT2D eigenvalue weighted by Gasteiger charge is 2.14. The molecule has 0 saturated heterocycles. The van der Waals surface area contributed by atoms with Gasteiger partial charge in [0.1, 0.15) is 22.5 Å². The molecular weight excluding hydrogens is 356 g/mol. The summed E-state index contributed by atoms with van der Waals surface area (Å²) >= 11 is 1.27. The minimum Gasteiger partial charge on any atom is -0.349 e. The number of rotatable bonds is 7. The molecule has 0 radical (unpaired) electrons. The Morgan fingerprint density at radius 1 is 1.19 bits per heavy atom. The Bertz CT molecular complexity index is 840. The summed E-state index contributed by atoms with van der Waals surface area (Å²) < 4.78 is 0. The second-order valence-corrected chi connectivity index (χ2v) is 8.03. The van der Waals surface area contributed by atoms with Gasteiger partial charge < -0.3 is 5.32 Å². The number of nitriles is 1. The average Bonchev–Trinajstić information content (AvgIpc) is 2.59. The molecule has 0 bridgehead atoms. The number of carbonyl (C=O) groups is 1. The number of aromatic nitrogens is 2. The topological polar surface area (TPSA) is 78.7 Å². The molecule has 2 rings (SSSR count). The van der Waals surface area contributed by atoms with Gasteiger partial charge in [0.05, 0.1) is 17.5 Å². The zero-order valence-electron chi connectivity index (χ0n) is 16.5. The number of nitrogens with zero attached hydrogens (tertiary/aromatic N) is 3. The van der Waals surface area contributed by atoms with Crippen LogP contribution < -0.4 is 5.32 Å². The van der Waals surface area contributed by atoms with Crippen LogP contribution in [0, 0.1) is 31.1 Å². The molecule has 0 aliphatic carbocycles. The van der Waals surface area contributed by atoms with Gasteiger partial charge in [-0.25, -0.2) is 9.97 Å². The minimum absolute atomic E-state index is 0.0736. The van der Waals surface area contributed by atoms with Gasteiger partial charge in [0.15, 0.2) is 0 Å². The van der Waals surface area contributed by atoms with Crippen LogP contribution in [0.1, 0.15) is 55.0 Å². The third kappa shape index (κ3) is 6.07. The molecule has 2 aromatic rings. The Balaban J connectivity index is 1.95. The first kappa shape index (κ1) is 20.9. The van der Waals surface area contributed by atoms with Gasteiger partial charge in [-0.05, 0) is 44.2 Å². The molecule has 1 unspecified atom stereocenters. The highest BCUT2D eigenvalue weighted by Crippen LogP contribution is 2.22. The number of benzene rings is 1. The molecule has 6 heteroatoms. The van der Waals surface area contributed by atoms with E-state index in [0.29, 0.717) is 28.0 Å². The first-order chi connectivity index (χ1) is 12.8. The van der Waals surface area contributed by atoms with E-state index in [1.165, 1.54) is 17.3 Å². The summed E-state index contributed by atoms with van der Waals surface area (Å²) in [6.45, 7) is 9.94. The molecule has 1 aromatic carbocycles. The summed E-state index contributed by atoms with van der Waals surface area (Å²) in [5.74, 6) is 1.35. The lowest BCUT2D eigenvalue weighted by atomic mass is 10.00. The van der Waals surface area contributed by atoms with Gasteiger partial charge in [-0.3, -0.25) is 4.79 Å². The highest BCUT2D eigenvalue weighted by atomic mass is 32.2. The molecule has 27 heavy (non-hydrogen) atoms. The number of hydrogen-bond acceptors (Lipinski definition) is 5. The van der Waals surface area contributed by atoms with E-state index < -0.39 is 0 Å². The Morgan fingerprint density at radius 3 is 2.44 bits per heavy atom. The van der Waals surface area contributed by atoms with Crippen LogP contribution in [0.2, 0.25) is 0 Å². The summed E-state index contributed by atoms with van der Waals surface area (Å²) in [7, 11) is 0. The van der Waals surface area contributed by atoms with E-state index in [2.05, 4.69) is 59.5 Å². The fourth-order valence-corrected chi connectivity index (χ4v) is 3.71. The Labute approximate surface area is 165 Å². The number of carbonyl (C=O) groups excluding carboxylic acids is 1. The average molecular weight is 383 g/mol. The maximum absolute atomic E-state index is 12.3. The normalized spacial score (nSPS) is 11.9. The molecule has 0 aliphatic heterocycles. The van der Waals surface area contributed by atoms with E-state index in [-0.39, 0.29) is 17.7 Å². The van der Waals surface area contributed by atoms with Crippen molar-refractivity contribution in [3.8, 4) is 6.07 Å². The molecule has 0 saturated carbocycles. The lowest BCUT2D eigenvalue weighted by Crippen LogP contribution is -2.28. The quantitative estimate of drug-likeness (QED) is 0.575. The van der Waals surface area contributed by atoms with Crippen LogP contribution in [-0.4, -0.2) is 21.6 Å². The smallest absolute Gasteiger partial charge is 0.230 e. The van der Waals surface area contributed by atoms with Crippen LogP contribution in [-0.2, 0) is 11.2 Å². The van der Waals surface area contributed by atoms with Crippen molar-refractivity contribution in [3.05, 3.63) is 52.5 Å². The zero-order valence-corrected chi connectivity index (χ0v) is 17.4. The van der Waals surface area contributed by atoms with Crippen molar-refractivity contribution in [2.75, 3.05) is 5.75 Å². The van der Waals surface area contributed by atoms with E-state index >= 15 is 0 Å². The van der Waals surface area contributed by atoms with Crippen LogP contribution in [0.25, 0.3) is 0 Å². The van der Waals surface area contributed by atoms with Gasteiger partial charge in [-0.15, -0.1) is 0 Å². The molecule has 1 N–H and O–H groups in total. The van der Waals surface area contributed by atoms with Crippen LogP contribution in [0.4, 0.5) is 0 Å². The third-order valence-electron chi connectivity index (χ3n) is 4.12. The monoisotopic (exact) mass is 382 g/mol. The number of nitrogens with one attached hydrogen (secondary N) is 1. The van der Waals surface area contributed by atoms with Crippen LogP contribution >= 0.6 is 11.8 Å². The molecule has 1 aromatic heterocycles. The number of aryl methyl sites for hydroxylation is 2. The van der Waals surface area contributed by atoms with E-state index in [9.17, 15) is 10.1 Å². The lowest BCUT2D eigenvalue weighted by Gasteiger charge is -2.15. The first-order valence-corrected chi connectivity index (χ1v) is 10.0. The Kier molecular flexibility index (Phi) is 7.37. The van der Waals surface area contributed by atoms with Crippen molar-refractivity contribution in [3.63, 3.8) is 0 Å². The van der Waals surface area contributed by atoms with E-state index in [1.807, 2.05) is 6.92 Å². The summed E-state index contributed by atoms with van der Waals surface area (Å²) in [5.41, 5.74) is 3.46. The standard InChI is InChI=1S/C21H26N4OS/c1-13(2)10-17-6-8-18(9-7-17)14(3)24-20(26)12-27-21-19(11-22)15(4)23-16(5)25-21/h6-9,13-14H,10,12H2,1-5H3,(H,24,26). The minimum atomic E-state index is -0.0865. The van der Waals surface area contributed by atoms with Crippen LogP contribution in [0.3, 0.4) is 0 Å². The third-order valence-corrected chi connectivity index (χ3v) is 5.10. The molecular formula is C21H26N4OS. The van der Waals surface area contributed by atoms with Gasteiger partial charge in [-0.1, -0.05) is 49.9 Å². The Hall–Kier alpha value is -2.39. The predicted molar refractivity (Wildman–Crippen MR) is 108 cm³/mol. The van der Waals surface area contributed by atoms with E-state index in [4.69, 9.17) is 0 Å². The van der Waals surface area contributed by atoms with Gasteiger partial charge >= 0.3 is 0 Å². The summed E-state index contributed by atoms with van der Waals surface area (Å²) in [6, 6.07) is 10.4. The number of hydrogen-bond donors (Lipinski definition) is 1. The van der Waals surface area contributed by atoms with Crippen LogP contribution in [0.5, 0.6) is 0 Å². The molecule has 0 spiro atoms. The van der Waals surface area contributed by atoms with Crippen molar-refractivity contribution < 1.29 is 4.79 Å². The summed E-state index contributed by atoms with van der Waals surface area (Å²) in [4.78, 5) is 20.8. The van der Waals surface area contributed by atoms with E-state index in [1.54, 1.807) is 13.8 Å². The molecule has 1 amide bonds. The largest absolute Gasteiger partial charge is 0.349 e. The maximum Gasteiger partial charge on any atom is 0.230 e. The Morgan fingerprint density at radius 2 is 1.85 bits per heavy atom.